The molecular weight excluding hydrogens is 270 g/mol. The highest BCUT2D eigenvalue weighted by molar-refractivity contribution is 7.00. The Bertz CT molecular complexity index is 702. The Morgan fingerprint density at radius 2 is 2.25 bits per heavy atom. The van der Waals surface area contributed by atoms with Crippen molar-refractivity contribution in [2.24, 2.45) is 0 Å². The van der Waals surface area contributed by atoms with Gasteiger partial charge in [-0.15, -0.1) is 0 Å². The van der Waals surface area contributed by atoms with Crippen LogP contribution in [0.25, 0.3) is 11.0 Å². The molecule has 0 aliphatic heterocycles. The number of hydrogen-bond donors (Lipinski definition) is 2. The van der Waals surface area contributed by atoms with Gasteiger partial charge in [-0.05, 0) is 31.5 Å². The minimum Gasteiger partial charge on any atom is -0.310 e. The monoisotopic (exact) mass is 287 g/mol. The van der Waals surface area contributed by atoms with Gasteiger partial charge in [-0.25, -0.2) is 0 Å². The lowest BCUT2D eigenvalue weighted by Gasteiger charge is -2.12. The third-order valence-electron chi connectivity index (χ3n) is 3.28. The minimum absolute atomic E-state index is 0.361. The number of nitrogens with zero attached hydrogens (tertiary/aromatic N) is 3. The molecule has 0 fully saturated rings. The largest absolute Gasteiger partial charge is 0.310 e. The van der Waals surface area contributed by atoms with Gasteiger partial charge in [-0.2, -0.15) is 13.8 Å². The Morgan fingerprint density at radius 3 is 3.05 bits per heavy atom. The van der Waals surface area contributed by atoms with Gasteiger partial charge >= 0.3 is 0 Å². The molecule has 1 unspecified atom stereocenters. The summed E-state index contributed by atoms with van der Waals surface area (Å²) in [6, 6.07) is 8.58. The topological polar surface area (TPSA) is 66.5 Å². The number of aromatic nitrogens is 4. The number of aryl methyl sites for hydroxylation is 1. The van der Waals surface area contributed by atoms with Gasteiger partial charge in [0.15, 0.2) is 0 Å². The quantitative estimate of drug-likeness (QED) is 0.756. The molecule has 0 bridgehead atoms. The molecule has 1 atom stereocenters. The van der Waals surface area contributed by atoms with Gasteiger partial charge in [0, 0.05) is 24.7 Å². The van der Waals surface area contributed by atoms with Gasteiger partial charge in [0.2, 0.25) is 0 Å². The summed E-state index contributed by atoms with van der Waals surface area (Å²) in [5, 5.41) is 10.8. The van der Waals surface area contributed by atoms with E-state index in [1.54, 1.807) is 0 Å². The number of H-pyrrole nitrogens is 1. The van der Waals surface area contributed by atoms with Gasteiger partial charge in [-0.3, -0.25) is 5.10 Å². The van der Waals surface area contributed by atoms with Crippen molar-refractivity contribution in [3.63, 3.8) is 0 Å². The van der Waals surface area contributed by atoms with Crippen molar-refractivity contribution in [1.82, 2.24) is 24.3 Å². The van der Waals surface area contributed by atoms with Crippen LogP contribution in [0.15, 0.2) is 24.3 Å². The highest BCUT2D eigenvalue weighted by Gasteiger charge is 2.08. The van der Waals surface area contributed by atoms with Crippen LogP contribution in [-0.2, 0) is 13.0 Å². The SMILES string of the molecule is Cc1cc(CC(C)NCc2cccc3nsnc23)n[nH]1. The minimum atomic E-state index is 0.361. The molecule has 0 saturated carbocycles. The van der Waals surface area contributed by atoms with E-state index >= 15 is 0 Å². The Morgan fingerprint density at radius 1 is 1.35 bits per heavy atom. The molecule has 20 heavy (non-hydrogen) atoms. The van der Waals surface area contributed by atoms with Crippen LogP contribution in [0.2, 0.25) is 0 Å². The van der Waals surface area contributed by atoms with E-state index in [0.717, 1.165) is 35.4 Å². The summed E-state index contributed by atoms with van der Waals surface area (Å²) in [6.07, 6.45) is 0.912. The van der Waals surface area contributed by atoms with Crippen LogP contribution in [0.1, 0.15) is 23.9 Å². The molecule has 0 saturated heterocycles. The van der Waals surface area contributed by atoms with E-state index in [1.807, 2.05) is 19.1 Å². The first-order valence-electron chi connectivity index (χ1n) is 6.67. The van der Waals surface area contributed by atoms with Gasteiger partial charge in [0.25, 0.3) is 0 Å². The molecule has 3 rings (SSSR count). The number of benzene rings is 1. The third kappa shape index (κ3) is 2.86. The average molecular weight is 287 g/mol. The van der Waals surface area contributed by atoms with Crippen molar-refractivity contribution >= 4 is 22.8 Å². The maximum atomic E-state index is 4.36. The van der Waals surface area contributed by atoms with Crippen molar-refractivity contribution in [3.8, 4) is 0 Å². The number of nitrogens with one attached hydrogen (secondary N) is 2. The summed E-state index contributed by atoms with van der Waals surface area (Å²) in [7, 11) is 0. The van der Waals surface area contributed by atoms with E-state index in [4.69, 9.17) is 0 Å². The predicted octanol–water partition coefficient (Wildman–Crippen LogP) is 2.44. The van der Waals surface area contributed by atoms with Gasteiger partial charge in [0.1, 0.15) is 11.0 Å². The molecule has 0 radical (unpaired) electrons. The van der Waals surface area contributed by atoms with E-state index < -0.39 is 0 Å². The highest BCUT2D eigenvalue weighted by Crippen LogP contribution is 2.16. The number of aromatic amines is 1. The lowest BCUT2D eigenvalue weighted by atomic mass is 10.1. The second-order valence-electron chi connectivity index (χ2n) is 5.08. The summed E-state index contributed by atoms with van der Waals surface area (Å²) in [5.41, 5.74) is 5.38. The Balaban J connectivity index is 1.62. The van der Waals surface area contributed by atoms with Crippen LogP contribution >= 0.6 is 11.7 Å². The fourth-order valence-electron chi connectivity index (χ4n) is 2.25. The fourth-order valence-corrected chi connectivity index (χ4v) is 2.82. The van der Waals surface area contributed by atoms with Crippen LogP contribution < -0.4 is 5.32 Å². The zero-order chi connectivity index (χ0) is 13.9. The molecule has 2 heterocycles. The molecule has 6 heteroatoms. The molecule has 104 valence electrons. The molecule has 0 spiro atoms. The first-order valence-corrected chi connectivity index (χ1v) is 7.40. The zero-order valence-electron chi connectivity index (χ0n) is 11.6. The van der Waals surface area contributed by atoms with Crippen LogP contribution in [0.4, 0.5) is 0 Å². The summed E-state index contributed by atoms with van der Waals surface area (Å²) in [4.78, 5) is 0. The Kier molecular flexibility index (Phi) is 3.75. The maximum Gasteiger partial charge on any atom is 0.109 e. The molecule has 2 N–H and O–H groups in total. The number of hydrogen-bond acceptors (Lipinski definition) is 5. The standard InChI is InChI=1S/C14H17N5S/c1-9(6-12-7-10(2)16-17-12)15-8-11-4-3-5-13-14(11)19-20-18-13/h3-5,7,9,15H,6,8H2,1-2H3,(H,16,17). The van der Waals surface area contributed by atoms with E-state index in [0.29, 0.717) is 6.04 Å². The molecule has 3 aromatic rings. The van der Waals surface area contributed by atoms with Crippen LogP contribution in [0, 0.1) is 6.92 Å². The predicted molar refractivity (Wildman–Crippen MR) is 80.7 cm³/mol. The molecular formula is C14H17N5S. The first-order chi connectivity index (χ1) is 9.72. The smallest absolute Gasteiger partial charge is 0.109 e. The first kappa shape index (κ1) is 13.2. The van der Waals surface area contributed by atoms with Crippen LogP contribution in [0.3, 0.4) is 0 Å². The van der Waals surface area contributed by atoms with E-state index in [1.165, 1.54) is 17.3 Å². The lowest BCUT2D eigenvalue weighted by molar-refractivity contribution is 0.541. The van der Waals surface area contributed by atoms with E-state index in [9.17, 15) is 0 Å². The molecule has 5 nitrogen and oxygen atoms in total. The van der Waals surface area contributed by atoms with Crippen molar-refractivity contribution in [1.29, 1.82) is 0 Å². The normalized spacial score (nSPS) is 12.9. The van der Waals surface area contributed by atoms with Crippen LogP contribution in [-0.4, -0.2) is 25.0 Å². The summed E-state index contributed by atoms with van der Waals surface area (Å²) in [5.74, 6) is 0. The second-order valence-corrected chi connectivity index (χ2v) is 5.61. The summed E-state index contributed by atoms with van der Waals surface area (Å²) < 4.78 is 8.62. The van der Waals surface area contributed by atoms with Crippen molar-refractivity contribution in [2.45, 2.75) is 32.9 Å². The second kappa shape index (κ2) is 5.68. The van der Waals surface area contributed by atoms with E-state index in [2.05, 4.69) is 43.3 Å². The zero-order valence-corrected chi connectivity index (χ0v) is 12.4. The fraction of sp³-hybridized carbons (Fsp3) is 0.357. The van der Waals surface area contributed by atoms with Crippen LogP contribution in [0.5, 0.6) is 0 Å². The summed E-state index contributed by atoms with van der Waals surface area (Å²) in [6.45, 7) is 4.99. The maximum absolute atomic E-state index is 4.36. The van der Waals surface area contributed by atoms with Crippen molar-refractivity contribution < 1.29 is 0 Å². The average Bonchev–Trinajstić information content (AvgIpc) is 3.05. The van der Waals surface area contributed by atoms with E-state index in [-0.39, 0.29) is 0 Å². The Hall–Kier alpha value is -1.79. The van der Waals surface area contributed by atoms with Crippen molar-refractivity contribution in [3.05, 3.63) is 41.2 Å². The highest BCUT2D eigenvalue weighted by atomic mass is 32.1. The third-order valence-corrected chi connectivity index (χ3v) is 3.83. The van der Waals surface area contributed by atoms with Gasteiger partial charge in [0.05, 0.1) is 17.4 Å². The number of rotatable bonds is 5. The Labute approximate surface area is 121 Å². The molecule has 2 aromatic heterocycles. The summed E-state index contributed by atoms with van der Waals surface area (Å²) >= 11 is 1.26. The molecule has 0 amide bonds. The van der Waals surface area contributed by atoms with Gasteiger partial charge in [-0.1, -0.05) is 12.1 Å². The lowest BCUT2D eigenvalue weighted by Crippen LogP contribution is -2.27. The van der Waals surface area contributed by atoms with Crippen molar-refractivity contribution in [2.75, 3.05) is 0 Å². The molecule has 0 aliphatic rings. The molecule has 0 aliphatic carbocycles. The molecule has 1 aromatic carbocycles. The van der Waals surface area contributed by atoms with Gasteiger partial charge < -0.3 is 5.32 Å². The number of fused-ring (bicyclic) bond motifs is 1.